The van der Waals surface area contributed by atoms with Crippen molar-refractivity contribution in [2.45, 2.75) is 37.3 Å². The van der Waals surface area contributed by atoms with E-state index in [9.17, 15) is 31.1 Å². The van der Waals surface area contributed by atoms with Gasteiger partial charge in [0, 0.05) is 22.8 Å². The van der Waals surface area contributed by atoms with Gasteiger partial charge in [-0.1, -0.05) is 17.0 Å². The predicted molar refractivity (Wildman–Crippen MR) is 129 cm³/mol. The molecule has 0 aliphatic heterocycles. The zero-order valence-corrected chi connectivity index (χ0v) is 20.9. The van der Waals surface area contributed by atoms with Gasteiger partial charge in [0.25, 0.3) is 5.91 Å². The maximum Gasteiger partial charge on any atom is 0.573 e. The number of halogens is 6. The maximum atomic E-state index is 13.1. The molecule has 2 heterocycles. The van der Waals surface area contributed by atoms with Crippen LogP contribution >= 0.6 is 11.8 Å². The van der Waals surface area contributed by atoms with Crippen molar-refractivity contribution in [2.24, 2.45) is 0 Å². The molecule has 15 heteroatoms. The molecule has 39 heavy (non-hydrogen) atoms. The quantitative estimate of drug-likeness (QED) is 0.163. The molecule has 8 nitrogen and oxygen atoms in total. The fourth-order valence-electron chi connectivity index (χ4n) is 3.43. The topological polar surface area (TPSA) is 94.8 Å². The molecule has 0 saturated heterocycles. The van der Waals surface area contributed by atoms with Crippen molar-refractivity contribution in [3.05, 3.63) is 82.9 Å². The van der Waals surface area contributed by atoms with E-state index < -0.39 is 29.8 Å². The van der Waals surface area contributed by atoms with Crippen LogP contribution < -0.4 is 10.1 Å². The highest BCUT2D eigenvalue weighted by Crippen LogP contribution is 2.30. The number of thioether (sulfide) groups is 1. The smallest absolute Gasteiger partial charge is 0.406 e. The molecule has 0 saturated carbocycles. The van der Waals surface area contributed by atoms with Crippen molar-refractivity contribution < 1.29 is 35.9 Å². The Hall–Kier alpha value is -4.14. The summed E-state index contributed by atoms with van der Waals surface area (Å²) in [6.45, 7) is 3.58. The number of nitrogens with one attached hydrogen (secondary N) is 1. The highest BCUT2D eigenvalue weighted by molar-refractivity contribution is 7.98. The predicted octanol–water partition coefficient (Wildman–Crippen LogP) is 6.14. The number of carbonyl (C=O) groups excluding carboxylic acids is 1. The van der Waals surface area contributed by atoms with E-state index in [1.54, 1.807) is 19.9 Å². The zero-order chi connectivity index (χ0) is 28.4. The fourth-order valence-corrected chi connectivity index (χ4v) is 4.37. The van der Waals surface area contributed by atoms with Crippen LogP contribution in [-0.2, 0) is 11.9 Å². The van der Waals surface area contributed by atoms with Crippen LogP contribution in [0, 0.1) is 13.8 Å². The molecule has 4 aromatic rings. The molecule has 1 amide bonds. The second-order valence-electron chi connectivity index (χ2n) is 8.09. The van der Waals surface area contributed by atoms with Crippen molar-refractivity contribution in [1.82, 2.24) is 25.0 Å². The molecule has 0 spiro atoms. The second-order valence-corrected chi connectivity index (χ2v) is 9.03. The molecule has 204 valence electrons. The number of hydrogen-bond acceptors (Lipinski definition) is 7. The summed E-state index contributed by atoms with van der Waals surface area (Å²) < 4.78 is 81.3. The summed E-state index contributed by atoms with van der Waals surface area (Å²) in [6.07, 6.45) is -9.40. The highest BCUT2D eigenvalue weighted by Gasteiger charge is 2.31. The Labute approximate surface area is 221 Å². The van der Waals surface area contributed by atoms with E-state index in [-0.39, 0.29) is 28.5 Å². The molecule has 4 rings (SSSR count). The number of anilines is 1. The molecule has 1 N–H and O–H groups in total. The third kappa shape index (κ3) is 7.25. The maximum absolute atomic E-state index is 13.1. The minimum Gasteiger partial charge on any atom is -0.406 e. The van der Waals surface area contributed by atoms with E-state index in [1.165, 1.54) is 28.6 Å². The van der Waals surface area contributed by atoms with Crippen molar-refractivity contribution >= 4 is 23.4 Å². The van der Waals surface area contributed by atoms with Crippen LogP contribution in [0.15, 0.2) is 59.8 Å². The minimum absolute atomic E-state index is 0.0759. The summed E-state index contributed by atoms with van der Waals surface area (Å²) in [5.41, 5.74) is 1.03. The number of aryl methyl sites for hydroxylation is 2. The number of nitrogens with zero attached hydrogens (tertiary/aromatic N) is 5. The van der Waals surface area contributed by atoms with Crippen LogP contribution in [0.25, 0.3) is 5.69 Å². The van der Waals surface area contributed by atoms with Gasteiger partial charge in [0.2, 0.25) is 0 Å². The lowest BCUT2D eigenvalue weighted by Crippen LogP contribution is -2.17. The minimum atomic E-state index is -4.87. The summed E-state index contributed by atoms with van der Waals surface area (Å²) in [5.74, 6) is -1.13. The first kappa shape index (κ1) is 27.9. The molecule has 0 radical (unpaired) electrons. The lowest BCUT2D eigenvalue weighted by molar-refractivity contribution is -0.274. The number of ether oxygens (including phenoxy) is 1. The number of rotatable bonds is 7. The normalized spacial score (nSPS) is 11.9. The third-order valence-electron chi connectivity index (χ3n) is 5.06. The number of aromatic nitrogens is 5. The van der Waals surface area contributed by atoms with Gasteiger partial charge in [0.05, 0.1) is 16.9 Å². The van der Waals surface area contributed by atoms with Gasteiger partial charge in [0.15, 0.2) is 10.9 Å². The van der Waals surface area contributed by atoms with Gasteiger partial charge in [-0.3, -0.25) is 4.79 Å². The fraction of sp³-hybridized carbons (Fsp3) is 0.208. The molecular weight excluding hydrogens is 550 g/mol. The van der Waals surface area contributed by atoms with Gasteiger partial charge in [-0.25, -0.2) is 14.6 Å². The molecule has 0 aliphatic carbocycles. The molecule has 0 unspecified atom stereocenters. The van der Waals surface area contributed by atoms with E-state index in [1.807, 2.05) is 0 Å². The summed E-state index contributed by atoms with van der Waals surface area (Å²) in [5, 5.41) is 10.8. The first-order valence-electron chi connectivity index (χ1n) is 11.0. The van der Waals surface area contributed by atoms with Crippen LogP contribution in [-0.4, -0.2) is 37.2 Å². The molecule has 2 aromatic carbocycles. The lowest BCUT2D eigenvalue weighted by Gasteiger charge is -2.11. The Balaban J connectivity index is 1.64. The summed E-state index contributed by atoms with van der Waals surface area (Å²) in [6, 6.07) is 10.4. The Kier molecular flexibility index (Phi) is 7.81. The average molecular weight is 569 g/mol. The number of amides is 1. The summed E-state index contributed by atoms with van der Waals surface area (Å²) >= 11 is 1.17. The Morgan fingerprint density at radius 2 is 1.56 bits per heavy atom. The van der Waals surface area contributed by atoms with Crippen molar-refractivity contribution in [3.8, 4) is 11.4 Å². The van der Waals surface area contributed by atoms with Crippen LogP contribution in [0.4, 0.5) is 32.0 Å². The number of alkyl halides is 6. The number of carbonyl (C=O) groups is 1. The molecule has 0 bridgehead atoms. The highest BCUT2D eigenvalue weighted by atomic mass is 32.2. The van der Waals surface area contributed by atoms with Crippen molar-refractivity contribution in [3.63, 3.8) is 0 Å². The van der Waals surface area contributed by atoms with Gasteiger partial charge in [-0.2, -0.15) is 13.2 Å². The molecule has 2 aromatic heterocycles. The zero-order valence-electron chi connectivity index (χ0n) is 20.1. The monoisotopic (exact) mass is 568 g/mol. The lowest BCUT2D eigenvalue weighted by atomic mass is 10.2. The van der Waals surface area contributed by atoms with Gasteiger partial charge in [-0.05, 0) is 68.4 Å². The molecule has 0 atom stereocenters. The Bertz CT molecular complexity index is 1450. The standard InChI is InChI=1S/C24H18F6N6O2S/c1-13-11-14(2)32-22(31-13)39-12-19-20(21(37)33-16-5-3-15(4-6-16)23(25,26)27)34-35-36(19)17-7-9-18(10-8-17)38-24(28,29)30/h3-11H,12H2,1-2H3,(H,33,37). The van der Waals surface area contributed by atoms with Crippen molar-refractivity contribution in [2.75, 3.05) is 5.32 Å². The summed E-state index contributed by atoms with van der Waals surface area (Å²) in [7, 11) is 0. The Morgan fingerprint density at radius 3 is 2.13 bits per heavy atom. The first-order chi connectivity index (χ1) is 18.3. The number of hydrogen-bond donors (Lipinski definition) is 1. The van der Waals surface area contributed by atoms with E-state index in [0.717, 1.165) is 47.8 Å². The average Bonchev–Trinajstić information content (AvgIpc) is 3.25. The second kappa shape index (κ2) is 10.9. The molecular formula is C24H18F6N6O2S. The SMILES string of the molecule is Cc1cc(C)nc(SCc2c(C(=O)Nc3ccc(C(F)(F)F)cc3)nnn2-c2ccc(OC(F)(F)F)cc2)n1. The van der Waals surface area contributed by atoms with Crippen LogP contribution in [0.1, 0.15) is 33.1 Å². The molecule has 0 fully saturated rings. The largest absolute Gasteiger partial charge is 0.573 e. The van der Waals surface area contributed by atoms with Crippen LogP contribution in [0.2, 0.25) is 0 Å². The van der Waals surface area contributed by atoms with Gasteiger partial charge in [-0.15, -0.1) is 18.3 Å². The third-order valence-corrected chi connectivity index (χ3v) is 5.92. The van der Waals surface area contributed by atoms with Gasteiger partial charge in [0.1, 0.15) is 5.75 Å². The number of benzene rings is 2. The van der Waals surface area contributed by atoms with Crippen LogP contribution in [0.3, 0.4) is 0 Å². The van der Waals surface area contributed by atoms with E-state index in [2.05, 4.69) is 30.3 Å². The first-order valence-corrected chi connectivity index (χ1v) is 12.0. The van der Waals surface area contributed by atoms with E-state index in [0.29, 0.717) is 5.16 Å². The Morgan fingerprint density at radius 1 is 0.949 bits per heavy atom. The van der Waals surface area contributed by atoms with E-state index >= 15 is 0 Å². The van der Waals surface area contributed by atoms with Gasteiger partial charge >= 0.3 is 12.5 Å². The molecule has 0 aliphatic rings. The summed E-state index contributed by atoms with van der Waals surface area (Å²) in [4.78, 5) is 21.7. The van der Waals surface area contributed by atoms with Crippen LogP contribution in [0.5, 0.6) is 5.75 Å². The van der Waals surface area contributed by atoms with Gasteiger partial charge < -0.3 is 10.1 Å². The van der Waals surface area contributed by atoms with E-state index in [4.69, 9.17) is 0 Å². The van der Waals surface area contributed by atoms with Crippen molar-refractivity contribution in [1.29, 1.82) is 0 Å².